The highest BCUT2D eigenvalue weighted by molar-refractivity contribution is 6.11. The molecule has 2 rings (SSSR count). The third-order valence-corrected chi connectivity index (χ3v) is 2.90. The van der Waals surface area contributed by atoms with Crippen LogP contribution in [0.2, 0.25) is 0 Å². The predicted octanol–water partition coefficient (Wildman–Crippen LogP) is 1.59. The largest absolute Gasteiger partial charge is 0.275 e. The third kappa shape index (κ3) is 2.93. The summed E-state index contributed by atoms with van der Waals surface area (Å²) in [5.41, 5.74) is 1.07. The molecule has 0 unspecified atom stereocenters. The fourth-order valence-corrected chi connectivity index (χ4v) is 1.86. The van der Waals surface area contributed by atoms with Crippen LogP contribution in [0.3, 0.4) is 0 Å². The molecule has 0 saturated heterocycles. The molecule has 1 aromatic rings. The third-order valence-electron chi connectivity index (χ3n) is 2.90. The van der Waals surface area contributed by atoms with Crippen molar-refractivity contribution >= 4 is 17.9 Å². The quantitative estimate of drug-likeness (QED) is 0.755. The summed E-state index contributed by atoms with van der Waals surface area (Å²) in [7, 11) is 0. The number of carbonyl (C=O) groups excluding carboxylic acids is 2. The second kappa shape index (κ2) is 5.56. The van der Waals surface area contributed by atoms with Gasteiger partial charge in [-0.1, -0.05) is 6.08 Å². The zero-order chi connectivity index (χ0) is 13.8. The average molecular weight is 257 g/mol. The molecule has 5 nitrogen and oxygen atoms in total. The second-order valence-corrected chi connectivity index (χ2v) is 4.37. The van der Waals surface area contributed by atoms with Crippen LogP contribution >= 0.6 is 0 Å². The maximum absolute atomic E-state index is 12.2. The first-order valence-corrected chi connectivity index (χ1v) is 6.08. The zero-order valence-corrected chi connectivity index (χ0v) is 11.0. The first-order valence-electron chi connectivity index (χ1n) is 6.08. The molecular weight excluding hydrogens is 242 g/mol. The van der Waals surface area contributed by atoms with E-state index in [2.05, 4.69) is 9.97 Å². The maximum Gasteiger partial charge on any atom is 0.256 e. The Morgan fingerprint density at radius 3 is 2.74 bits per heavy atom. The van der Waals surface area contributed by atoms with Crippen molar-refractivity contribution in [2.45, 2.75) is 20.3 Å². The van der Waals surface area contributed by atoms with Crippen LogP contribution in [0.5, 0.6) is 0 Å². The van der Waals surface area contributed by atoms with Crippen molar-refractivity contribution in [1.82, 2.24) is 14.9 Å². The van der Waals surface area contributed by atoms with Gasteiger partial charge in [-0.05, 0) is 32.4 Å². The molecule has 19 heavy (non-hydrogen) atoms. The molecule has 0 spiro atoms. The van der Waals surface area contributed by atoms with Crippen LogP contribution in [0.4, 0.5) is 0 Å². The first kappa shape index (κ1) is 13.1. The van der Waals surface area contributed by atoms with Crippen LogP contribution < -0.4 is 0 Å². The molecule has 1 aliphatic rings. The Morgan fingerprint density at radius 1 is 1.37 bits per heavy atom. The average Bonchev–Trinajstić information content (AvgIpc) is 2.42. The highest BCUT2D eigenvalue weighted by atomic mass is 16.2. The van der Waals surface area contributed by atoms with E-state index in [9.17, 15) is 9.59 Å². The van der Waals surface area contributed by atoms with E-state index in [1.165, 1.54) is 4.90 Å². The van der Waals surface area contributed by atoms with Gasteiger partial charge in [-0.25, -0.2) is 9.97 Å². The molecule has 5 heteroatoms. The molecule has 0 atom stereocenters. The summed E-state index contributed by atoms with van der Waals surface area (Å²) in [5.74, 6) is -0.0482. The van der Waals surface area contributed by atoms with Crippen LogP contribution in [-0.2, 0) is 9.59 Å². The summed E-state index contributed by atoms with van der Waals surface area (Å²) in [5, 5.41) is 0. The highest BCUT2D eigenvalue weighted by Crippen LogP contribution is 2.14. The smallest absolute Gasteiger partial charge is 0.256 e. The fraction of sp³-hybridized carbons (Fsp3) is 0.286. The SMILES string of the molecule is CC1=CCCN(C(=O)/C(C)=C/c2ncccn2)C1=O. The van der Waals surface area contributed by atoms with E-state index < -0.39 is 0 Å². The Hall–Kier alpha value is -2.30. The number of amides is 2. The lowest BCUT2D eigenvalue weighted by atomic mass is 10.1. The Labute approximate surface area is 111 Å². The van der Waals surface area contributed by atoms with Gasteiger partial charge in [-0.2, -0.15) is 0 Å². The molecule has 0 aromatic carbocycles. The normalized spacial score (nSPS) is 16.3. The van der Waals surface area contributed by atoms with Crippen LogP contribution in [0.25, 0.3) is 6.08 Å². The molecule has 0 N–H and O–H groups in total. The van der Waals surface area contributed by atoms with Gasteiger partial charge in [-0.15, -0.1) is 0 Å². The van der Waals surface area contributed by atoms with Crippen molar-refractivity contribution in [2.24, 2.45) is 0 Å². The lowest BCUT2D eigenvalue weighted by Crippen LogP contribution is -2.40. The highest BCUT2D eigenvalue weighted by Gasteiger charge is 2.25. The number of aromatic nitrogens is 2. The summed E-state index contributed by atoms with van der Waals surface area (Å²) in [6.45, 7) is 3.82. The van der Waals surface area contributed by atoms with Gasteiger partial charge in [0.15, 0.2) is 5.82 Å². The molecule has 2 heterocycles. The van der Waals surface area contributed by atoms with E-state index in [-0.39, 0.29) is 11.8 Å². The van der Waals surface area contributed by atoms with Crippen molar-refractivity contribution in [2.75, 3.05) is 6.54 Å². The van der Waals surface area contributed by atoms with Crippen LogP contribution in [0.1, 0.15) is 26.1 Å². The van der Waals surface area contributed by atoms with E-state index in [4.69, 9.17) is 0 Å². The zero-order valence-electron chi connectivity index (χ0n) is 11.0. The molecule has 0 aliphatic carbocycles. The summed E-state index contributed by atoms with van der Waals surface area (Å²) < 4.78 is 0. The van der Waals surface area contributed by atoms with Gasteiger partial charge in [0.1, 0.15) is 0 Å². The molecule has 0 bridgehead atoms. The molecule has 0 saturated carbocycles. The summed E-state index contributed by atoms with van der Waals surface area (Å²) >= 11 is 0. The standard InChI is InChI=1S/C14H15N3O2/c1-10-5-3-8-17(13(10)18)14(19)11(2)9-12-15-6-4-7-16-12/h4-7,9H,3,8H2,1-2H3/b11-9+. The molecular formula is C14H15N3O2. The van der Waals surface area contributed by atoms with Gasteiger partial charge in [0, 0.05) is 30.1 Å². The number of imide groups is 1. The van der Waals surface area contributed by atoms with Crippen LogP contribution in [0, 0.1) is 0 Å². The number of rotatable bonds is 2. The summed E-state index contributed by atoms with van der Waals surface area (Å²) in [4.78, 5) is 33.4. The van der Waals surface area contributed by atoms with Crippen LogP contribution in [-0.4, -0.2) is 33.2 Å². The predicted molar refractivity (Wildman–Crippen MR) is 70.8 cm³/mol. The minimum atomic E-state index is -0.287. The molecule has 1 aliphatic heterocycles. The number of hydrogen-bond donors (Lipinski definition) is 0. The Morgan fingerprint density at radius 2 is 2.05 bits per heavy atom. The Bertz CT molecular complexity index is 561. The van der Waals surface area contributed by atoms with Crippen molar-refractivity contribution < 1.29 is 9.59 Å². The maximum atomic E-state index is 12.2. The molecule has 0 radical (unpaired) electrons. The Kier molecular flexibility index (Phi) is 3.85. The minimum absolute atomic E-state index is 0.224. The van der Waals surface area contributed by atoms with E-state index >= 15 is 0 Å². The molecule has 0 fully saturated rings. The number of carbonyl (C=O) groups is 2. The van der Waals surface area contributed by atoms with Gasteiger partial charge in [0.2, 0.25) is 0 Å². The van der Waals surface area contributed by atoms with Gasteiger partial charge in [0.25, 0.3) is 11.8 Å². The van der Waals surface area contributed by atoms with Gasteiger partial charge in [0.05, 0.1) is 0 Å². The summed E-state index contributed by atoms with van der Waals surface area (Å²) in [6.07, 6.45) is 7.36. The van der Waals surface area contributed by atoms with E-state index in [0.717, 1.165) is 0 Å². The Balaban J connectivity index is 2.18. The summed E-state index contributed by atoms with van der Waals surface area (Å²) in [6, 6.07) is 1.71. The van der Waals surface area contributed by atoms with E-state index in [0.29, 0.717) is 29.9 Å². The van der Waals surface area contributed by atoms with Crippen molar-refractivity contribution in [3.63, 3.8) is 0 Å². The van der Waals surface area contributed by atoms with Gasteiger partial charge >= 0.3 is 0 Å². The van der Waals surface area contributed by atoms with E-state index in [1.54, 1.807) is 38.4 Å². The van der Waals surface area contributed by atoms with Crippen molar-refractivity contribution in [3.05, 3.63) is 41.5 Å². The number of nitrogens with zero attached hydrogens (tertiary/aromatic N) is 3. The molecule has 2 amide bonds. The molecule has 98 valence electrons. The fourth-order valence-electron chi connectivity index (χ4n) is 1.86. The minimum Gasteiger partial charge on any atom is -0.275 e. The first-order chi connectivity index (χ1) is 9.09. The number of hydrogen-bond acceptors (Lipinski definition) is 4. The van der Waals surface area contributed by atoms with E-state index in [1.807, 2.05) is 6.08 Å². The lowest BCUT2D eigenvalue weighted by Gasteiger charge is -2.24. The molecule has 1 aromatic heterocycles. The monoisotopic (exact) mass is 257 g/mol. The van der Waals surface area contributed by atoms with Crippen molar-refractivity contribution in [1.29, 1.82) is 0 Å². The van der Waals surface area contributed by atoms with Crippen molar-refractivity contribution in [3.8, 4) is 0 Å². The van der Waals surface area contributed by atoms with Crippen LogP contribution in [0.15, 0.2) is 35.7 Å². The topological polar surface area (TPSA) is 63.2 Å². The lowest BCUT2D eigenvalue weighted by molar-refractivity contribution is -0.140. The second-order valence-electron chi connectivity index (χ2n) is 4.37. The van der Waals surface area contributed by atoms with Gasteiger partial charge in [-0.3, -0.25) is 14.5 Å². The van der Waals surface area contributed by atoms with Gasteiger partial charge < -0.3 is 0 Å².